The van der Waals surface area contributed by atoms with Crippen LogP contribution in [0.1, 0.15) is 21.6 Å². The van der Waals surface area contributed by atoms with Crippen LogP contribution in [0.25, 0.3) is 16.2 Å². The van der Waals surface area contributed by atoms with E-state index in [4.69, 9.17) is 5.11 Å². The molecule has 0 radical (unpaired) electrons. The summed E-state index contributed by atoms with van der Waals surface area (Å²) in [6, 6.07) is 18.9. The third-order valence-electron chi connectivity index (χ3n) is 4.22. The maximum atomic E-state index is 11.1. The average molecular weight is 348 g/mol. The molecule has 0 fully saturated rings. The van der Waals surface area contributed by atoms with Crippen LogP contribution in [0.2, 0.25) is 0 Å². The van der Waals surface area contributed by atoms with Crippen molar-refractivity contribution in [3.05, 3.63) is 83.0 Å². The summed E-state index contributed by atoms with van der Waals surface area (Å²) in [5.74, 6) is -1.00. The Hall–Kier alpha value is -2.92. The second-order valence-electron chi connectivity index (χ2n) is 5.89. The van der Waals surface area contributed by atoms with E-state index in [9.17, 15) is 4.79 Å². The van der Waals surface area contributed by atoms with E-state index in [1.54, 1.807) is 6.20 Å². The highest BCUT2D eigenvalue weighted by Gasteiger charge is 2.13. The summed E-state index contributed by atoms with van der Waals surface area (Å²) < 4.78 is 1.84. The first-order valence-electron chi connectivity index (χ1n) is 8.04. The number of imidazole rings is 1. The lowest BCUT2D eigenvalue weighted by atomic mass is 10.0. The predicted octanol–water partition coefficient (Wildman–Crippen LogP) is 4.55. The topological polar surface area (TPSA) is 54.6 Å². The summed E-state index contributed by atoms with van der Waals surface area (Å²) in [6.07, 6.45) is 3.59. The number of rotatable bonds is 5. The number of aromatic nitrogens is 2. The smallest absolute Gasteiger partial charge is 0.356 e. The van der Waals surface area contributed by atoms with Gasteiger partial charge in [-0.25, -0.2) is 9.78 Å². The second-order valence-corrected chi connectivity index (χ2v) is 6.72. The second kappa shape index (κ2) is 6.53. The van der Waals surface area contributed by atoms with Crippen molar-refractivity contribution in [2.45, 2.75) is 12.8 Å². The molecule has 2 aromatic heterocycles. The van der Waals surface area contributed by atoms with Crippen molar-refractivity contribution in [1.29, 1.82) is 0 Å². The Kier molecular flexibility index (Phi) is 4.07. The highest BCUT2D eigenvalue weighted by molar-refractivity contribution is 7.15. The molecule has 5 heteroatoms. The van der Waals surface area contributed by atoms with Crippen LogP contribution in [-0.2, 0) is 12.8 Å². The molecule has 4 nitrogen and oxygen atoms in total. The van der Waals surface area contributed by atoms with Crippen molar-refractivity contribution < 1.29 is 9.90 Å². The minimum Gasteiger partial charge on any atom is -0.476 e. The molecular formula is C20H16N2O2S. The van der Waals surface area contributed by atoms with Crippen molar-refractivity contribution in [3.63, 3.8) is 0 Å². The van der Waals surface area contributed by atoms with Gasteiger partial charge in [-0.05, 0) is 29.5 Å². The van der Waals surface area contributed by atoms with Gasteiger partial charge in [0.15, 0.2) is 10.7 Å². The first-order valence-corrected chi connectivity index (χ1v) is 8.92. The number of carboxylic acid groups (broad SMARTS) is 1. The van der Waals surface area contributed by atoms with E-state index < -0.39 is 5.97 Å². The van der Waals surface area contributed by atoms with Crippen LogP contribution < -0.4 is 0 Å². The molecule has 4 aromatic rings. The van der Waals surface area contributed by atoms with Gasteiger partial charge in [-0.2, -0.15) is 0 Å². The molecule has 0 saturated heterocycles. The van der Waals surface area contributed by atoms with E-state index in [0.717, 1.165) is 24.1 Å². The summed E-state index contributed by atoms with van der Waals surface area (Å²) in [6.45, 7) is 0. The summed E-state index contributed by atoms with van der Waals surface area (Å²) >= 11 is 1.45. The number of carbonyl (C=O) groups is 1. The molecule has 0 saturated carbocycles. The van der Waals surface area contributed by atoms with Gasteiger partial charge in [0.25, 0.3) is 0 Å². The fourth-order valence-corrected chi connectivity index (χ4v) is 3.75. The lowest BCUT2D eigenvalue weighted by molar-refractivity contribution is 0.0691. The molecule has 25 heavy (non-hydrogen) atoms. The minimum absolute atomic E-state index is 0.0765. The lowest BCUT2D eigenvalue weighted by Gasteiger charge is -2.04. The van der Waals surface area contributed by atoms with E-state index in [0.29, 0.717) is 4.96 Å². The Balaban J connectivity index is 1.55. The van der Waals surface area contributed by atoms with E-state index >= 15 is 0 Å². The van der Waals surface area contributed by atoms with Crippen LogP contribution in [-0.4, -0.2) is 20.5 Å². The first kappa shape index (κ1) is 15.6. The Labute approximate surface area is 149 Å². The Morgan fingerprint density at radius 2 is 1.68 bits per heavy atom. The Morgan fingerprint density at radius 3 is 2.36 bits per heavy atom. The van der Waals surface area contributed by atoms with Gasteiger partial charge in [-0.3, -0.25) is 4.40 Å². The van der Waals surface area contributed by atoms with E-state index in [1.165, 1.54) is 22.5 Å². The number of fused-ring (bicyclic) bond motifs is 1. The zero-order chi connectivity index (χ0) is 17.2. The quantitative estimate of drug-likeness (QED) is 0.576. The number of hydrogen-bond donors (Lipinski definition) is 1. The zero-order valence-corrected chi connectivity index (χ0v) is 14.2. The number of benzene rings is 2. The van der Waals surface area contributed by atoms with E-state index in [-0.39, 0.29) is 5.69 Å². The van der Waals surface area contributed by atoms with Crippen LogP contribution in [0, 0.1) is 0 Å². The van der Waals surface area contributed by atoms with Crippen LogP contribution in [0.15, 0.2) is 66.2 Å². The fourth-order valence-electron chi connectivity index (χ4n) is 2.87. The van der Waals surface area contributed by atoms with Crippen LogP contribution in [0.5, 0.6) is 0 Å². The van der Waals surface area contributed by atoms with Gasteiger partial charge in [0, 0.05) is 11.6 Å². The molecular weight excluding hydrogens is 332 g/mol. The van der Waals surface area contributed by atoms with Gasteiger partial charge < -0.3 is 5.11 Å². The highest BCUT2D eigenvalue weighted by atomic mass is 32.1. The number of thiazole rings is 1. The molecule has 0 aliphatic rings. The van der Waals surface area contributed by atoms with Gasteiger partial charge in [0.1, 0.15) is 0 Å². The van der Waals surface area contributed by atoms with E-state index in [2.05, 4.69) is 53.5 Å². The van der Waals surface area contributed by atoms with Crippen LogP contribution in [0.3, 0.4) is 0 Å². The molecule has 2 aromatic carbocycles. The van der Waals surface area contributed by atoms with Crippen molar-refractivity contribution in [3.8, 4) is 11.3 Å². The molecule has 2 heterocycles. The number of carboxylic acids is 1. The van der Waals surface area contributed by atoms with Crippen LogP contribution >= 0.6 is 11.3 Å². The summed E-state index contributed by atoms with van der Waals surface area (Å²) in [5, 5.41) is 11.1. The molecule has 124 valence electrons. The Morgan fingerprint density at radius 1 is 1.00 bits per heavy atom. The molecule has 1 N–H and O–H groups in total. The molecule has 0 spiro atoms. The molecule has 0 unspecified atom stereocenters. The highest BCUT2D eigenvalue weighted by Crippen LogP contribution is 2.27. The maximum Gasteiger partial charge on any atom is 0.356 e. The fraction of sp³-hybridized carbons (Fsp3) is 0.100. The largest absolute Gasteiger partial charge is 0.476 e. The monoisotopic (exact) mass is 348 g/mol. The Bertz CT molecular complexity index is 1020. The van der Waals surface area contributed by atoms with Crippen molar-refractivity contribution in [2.24, 2.45) is 0 Å². The first-order chi connectivity index (χ1) is 12.2. The van der Waals surface area contributed by atoms with Crippen molar-refractivity contribution in [2.75, 3.05) is 0 Å². The van der Waals surface area contributed by atoms with Crippen molar-refractivity contribution >= 4 is 22.3 Å². The third kappa shape index (κ3) is 3.19. The molecule has 0 amide bonds. The lowest BCUT2D eigenvalue weighted by Crippen LogP contribution is -1.95. The molecule has 0 aliphatic heterocycles. The minimum atomic E-state index is -1.00. The zero-order valence-electron chi connectivity index (χ0n) is 13.4. The standard InChI is InChI=1S/C20H16N2O2S/c23-19(24)17-12-22-18(13-25-20(22)21-17)16-10-8-15(9-11-16)7-6-14-4-2-1-3-5-14/h1-5,8-13H,6-7H2,(H,23,24). The number of aromatic carboxylic acids is 1. The molecule has 0 atom stereocenters. The maximum absolute atomic E-state index is 11.1. The summed E-state index contributed by atoms with van der Waals surface area (Å²) in [7, 11) is 0. The van der Waals surface area contributed by atoms with Crippen LogP contribution in [0.4, 0.5) is 0 Å². The van der Waals surface area contributed by atoms with Gasteiger partial charge in [-0.1, -0.05) is 54.6 Å². The van der Waals surface area contributed by atoms with Gasteiger partial charge in [0.2, 0.25) is 0 Å². The summed E-state index contributed by atoms with van der Waals surface area (Å²) in [5.41, 5.74) is 4.73. The average Bonchev–Trinajstić information content (AvgIpc) is 3.22. The molecule has 0 aliphatic carbocycles. The number of aryl methyl sites for hydroxylation is 2. The van der Waals surface area contributed by atoms with Gasteiger partial charge in [0.05, 0.1) is 5.69 Å². The summed E-state index contributed by atoms with van der Waals surface area (Å²) in [4.78, 5) is 15.9. The predicted molar refractivity (Wildman–Crippen MR) is 99.3 cm³/mol. The molecule has 4 rings (SSSR count). The van der Waals surface area contributed by atoms with Gasteiger partial charge in [-0.15, -0.1) is 11.3 Å². The normalized spacial score (nSPS) is 11.0. The van der Waals surface area contributed by atoms with E-state index in [1.807, 2.05) is 15.8 Å². The van der Waals surface area contributed by atoms with Gasteiger partial charge >= 0.3 is 5.97 Å². The number of hydrogen-bond acceptors (Lipinski definition) is 3. The third-order valence-corrected chi connectivity index (χ3v) is 5.06. The number of nitrogens with zero attached hydrogens (tertiary/aromatic N) is 2. The molecule has 0 bridgehead atoms. The van der Waals surface area contributed by atoms with Crippen molar-refractivity contribution in [1.82, 2.24) is 9.38 Å². The SMILES string of the molecule is O=C(O)c1cn2c(-c3ccc(CCc4ccccc4)cc3)csc2n1.